The maximum atomic E-state index is 5.90. The average Bonchev–Trinajstić information content (AvgIpc) is 3.04. The molecule has 1 saturated heterocycles. The monoisotopic (exact) mass is 496 g/mol. The van der Waals surface area contributed by atoms with Crippen molar-refractivity contribution in [3.05, 3.63) is 29.3 Å². The van der Waals surface area contributed by atoms with E-state index in [4.69, 9.17) is 11.6 Å². The average molecular weight is 497 g/mol. The Kier molecular flexibility index (Phi) is 11.9. The van der Waals surface area contributed by atoms with E-state index in [2.05, 4.69) is 39.6 Å². The molecule has 0 bridgehead atoms. The first kappa shape index (κ1) is 22.9. The highest BCUT2D eigenvalue weighted by Crippen LogP contribution is 2.19. The molecule has 1 aromatic rings. The van der Waals surface area contributed by atoms with Crippen LogP contribution in [0.2, 0.25) is 5.02 Å². The van der Waals surface area contributed by atoms with Gasteiger partial charge in [0.25, 0.3) is 0 Å². The molecule has 0 radical (unpaired) electrons. The largest absolute Gasteiger partial charge is 0.356 e. The number of halogens is 2. The minimum Gasteiger partial charge on any atom is -0.356 e. The van der Waals surface area contributed by atoms with E-state index in [1.54, 1.807) is 0 Å². The Bertz CT molecular complexity index is 512. The second kappa shape index (κ2) is 13.1. The number of hydrogen-bond acceptors (Lipinski definition) is 3. The molecule has 1 aromatic carbocycles. The van der Waals surface area contributed by atoms with E-state index >= 15 is 0 Å². The van der Waals surface area contributed by atoms with Crippen LogP contribution in [0.25, 0.3) is 0 Å². The number of likely N-dealkylation sites (tertiary alicyclic amines) is 1. The van der Waals surface area contributed by atoms with Crippen molar-refractivity contribution in [3.8, 4) is 0 Å². The summed E-state index contributed by atoms with van der Waals surface area (Å²) in [4.78, 5) is 8.12. The number of thioether (sulfide) groups is 1. The summed E-state index contributed by atoms with van der Waals surface area (Å²) in [6.45, 7) is 7.82. The first-order valence-corrected chi connectivity index (χ1v) is 10.1. The van der Waals surface area contributed by atoms with Crippen molar-refractivity contribution in [1.29, 1.82) is 0 Å². The van der Waals surface area contributed by atoms with Gasteiger partial charge in [0.1, 0.15) is 0 Å². The topological polar surface area (TPSA) is 39.7 Å². The first-order valence-electron chi connectivity index (χ1n) is 8.76. The van der Waals surface area contributed by atoms with E-state index in [1.807, 2.05) is 30.9 Å². The molecule has 0 aromatic heterocycles. The predicted molar refractivity (Wildman–Crippen MR) is 122 cm³/mol. The van der Waals surface area contributed by atoms with Gasteiger partial charge in [0.15, 0.2) is 5.96 Å². The highest BCUT2D eigenvalue weighted by Gasteiger charge is 2.21. The summed E-state index contributed by atoms with van der Waals surface area (Å²) in [6.07, 6.45) is 2.53. The molecule has 142 valence electrons. The van der Waals surface area contributed by atoms with Gasteiger partial charge in [-0.25, -0.2) is 0 Å². The van der Waals surface area contributed by atoms with Crippen molar-refractivity contribution in [2.24, 2.45) is 10.9 Å². The smallest absolute Gasteiger partial charge is 0.191 e. The van der Waals surface area contributed by atoms with Crippen LogP contribution in [0.3, 0.4) is 0 Å². The quantitative estimate of drug-likeness (QED) is 0.188. The van der Waals surface area contributed by atoms with Crippen LogP contribution < -0.4 is 10.6 Å². The van der Waals surface area contributed by atoms with E-state index in [1.165, 1.54) is 37.4 Å². The normalized spacial score (nSPS) is 18.0. The lowest BCUT2D eigenvalue weighted by atomic mass is 10.1. The SMILES string of the molecule is CCCN1CCC(CNC(=NC)NCCSc2ccc(Cl)cc2)C1.I. The van der Waals surface area contributed by atoms with Crippen molar-refractivity contribution in [2.75, 3.05) is 45.5 Å². The first-order chi connectivity index (χ1) is 11.7. The lowest BCUT2D eigenvalue weighted by molar-refractivity contribution is 0.324. The molecular weight excluding hydrogens is 467 g/mol. The molecule has 1 atom stereocenters. The summed E-state index contributed by atoms with van der Waals surface area (Å²) >= 11 is 7.72. The Balaban J connectivity index is 0.00000312. The zero-order valence-electron chi connectivity index (χ0n) is 15.1. The van der Waals surface area contributed by atoms with Gasteiger partial charge in [0, 0.05) is 42.4 Å². The van der Waals surface area contributed by atoms with Crippen molar-refractivity contribution in [2.45, 2.75) is 24.7 Å². The maximum Gasteiger partial charge on any atom is 0.191 e. The third-order valence-electron chi connectivity index (χ3n) is 4.17. The number of guanidine groups is 1. The van der Waals surface area contributed by atoms with E-state index in [0.29, 0.717) is 0 Å². The maximum absolute atomic E-state index is 5.90. The third-order valence-corrected chi connectivity index (χ3v) is 5.43. The molecule has 2 N–H and O–H groups in total. The predicted octanol–water partition coefficient (Wildman–Crippen LogP) is 3.95. The Labute approximate surface area is 178 Å². The number of aliphatic imine (C=N–C) groups is 1. The fourth-order valence-electron chi connectivity index (χ4n) is 2.93. The molecule has 25 heavy (non-hydrogen) atoms. The summed E-state index contributed by atoms with van der Waals surface area (Å²) in [5.74, 6) is 2.63. The molecule has 0 spiro atoms. The zero-order chi connectivity index (χ0) is 17.2. The van der Waals surface area contributed by atoms with Gasteiger partial charge in [-0.2, -0.15) is 0 Å². The minimum atomic E-state index is 0. The Hall–Kier alpha value is -0.180. The van der Waals surface area contributed by atoms with Crippen LogP contribution in [-0.2, 0) is 0 Å². The number of rotatable bonds is 8. The molecule has 0 amide bonds. The molecule has 1 fully saturated rings. The van der Waals surface area contributed by atoms with Gasteiger partial charge in [0.2, 0.25) is 0 Å². The summed E-state index contributed by atoms with van der Waals surface area (Å²) in [5, 5.41) is 7.64. The molecule has 1 aliphatic rings. The van der Waals surface area contributed by atoms with Crippen molar-refractivity contribution >= 4 is 53.3 Å². The van der Waals surface area contributed by atoms with E-state index in [9.17, 15) is 0 Å². The van der Waals surface area contributed by atoms with Crippen LogP contribution in [0, 0.1) is 5.92 Å². The molecule has 4 nitrogen and oxygen atoms in total. The third kappa shape index (κ3) is 8.84. The summed E-state index contributed by atoms with van der Waals surface area (Å²) in [6, 6.07) is 7.98. The second-order valence-electron chi connectivity index (χ2n) is 6.14. The molecule has 0 saturated carbocycles. The number of nitrogens with zero attached hydrogens (tertiary/aromatic N) is 2. The minimum absolute atomic E-state index is 0. The highest BCUT2D eigenvalue weighted by atomic mass is 127. The number of benzene rings is 1. The van der Waals surface area contributed by atoms with Gasteiger partial charge in [-0.15, -0.1) is 35.7 Å². The summed E-state index contributed by atoms with van der Waals surface area (Å²) < 4.78 is 0. The highest BCUT2D eigenvalue weighted by molar-refractivity contribution is 14.0. The van der Waals surface area contributed by atoms with Gasteiger partial charge in [-0.1, -0.05) is 18.5 Å². The lowest BCUT2D eigenvalue weighted by Gasteiger charge is -2.17. The van der Waals surface area contributed by atoms with Gasteiger partial charge in [0.05, 0.1) is 0 Å². The van der Waals surface area contributed by atoms with Crippen molar-refractivity contribution in [3.63, 3.8) is 0 Å². The zero-order valence-corrected chi connectivity index (χ0v) is 19.0. The fourth-order valence-corrected chi connectivity index (χ4v) is 3.82. The van der Waals surface area contributed by atoms with Crippen LogP contribution in [0.1, 0.15) is 19.8 Å². The fraction of sp³-hybridized carbons (Fsp3) is 0.611. The van der Waals surface area contributed by atoms with Crippen LogP contribution in [0.5, 0.6) is 0 Å². The van der Waals surface area contributed by atoms with E-state index < -0.39 is 0 Å². The van der Waals surface area contributed by atoms with Crippen molar-refractivity contribution in [1.82, 2.24) is 15.5 Å². The molecular formula is C18H30ClIN4S. The van der Waals surface area contributed by atoms with E-state index in [0.717, 1.165) is 35.7 Å². The van der Waals surface area contributed by atoms with Gasteiger partial charge < -0.3 is 15.5 Å². The lowest BCUT2D eigenvalue weighted by Crippen LogP contribution is -2.41. The van der Waals surface area contributed by atoms with Gasteiger partial charge >= 0.3 is 0 Å². The van der Waals surface area contributed by atoms with Crippen LogP contribution in [0.4, 0.5) is 0 Å². The number of nitrogens with one attached hydrogen (secondary N) is 2. The standard InChI is InChI=1S/C18H29ClN4S.HI/c1-3-10-23-11-8-15(14-23)13-22-18(20-2)21-9-12-24-17-6-4-16(19)5-7-17;/h4-7,15H,3,8-14H2,1-2H3,(H2,20,21,22);1H. The van der Waals surface area contributed by atoms with Gasteiger partial charge in [-0.3, -0.25) is 4.99 Å². The molecule has 1 unspecified atom stereocenters. The Morgan fingerprint density at radius 1 is 1.32 bits per heavy atom. The van der Waals surface area contributed by atoms with Crippen LogP contribution in [0.15, 0.2) is 34.2 Å². The second-order valence-corrected chi connectivity index (χ2v) is 7.74. The molecule has 0 aliphatic carbocycles. The van der Waals surface area contributed by atoms with Crippen LogP contribution in [-0.4, -0.2) is 56.4 Å². The van der Waals surface area contributed by atoms with Crippen LogP contribution >= 0.6 is 47.3 Å². The van der Waals surface area contributed by atoms with E-state index in [-0.39, 0.29) is 24.0 Å². The molecule has 2 rings (SSSR count). The summed E-state index contributed by atoms with van der Waals surface area (Å²) in [7, 11) is 1.83. The number of hydrogen-bond donors (Lipinski definition) is 2. The molecule has 1 aliphatic heterocycles. The molecule has 7 heteroatoms. The molecule has 1 heterocycles. The van der Waals surface area contributed by atoms with Crippen molar-refractivity contribution < 1.29 is 0 Å². The Morgan fingerprint density at radius 2 is 2.08 bits per heavy atom. The van der Waals surface area contributed by atoms with Gasteiger partial charge in [-0.05, 0) is 56.1 Å². The summed E-state index contributed by atoms with van der Waals surface area (Å²) in [5.41, 5.74) is 0. The Morgan fingerprint density at radius 3 is 2.76 bits per heavy atom.